The van der Waals surface area contributed by atoms with Gasteiger partial charge in [-0.3, -0.25) is 0 Å². The summed E-state index contributed by atoms with van der Waals surface area (Å²) in [5.41, 5.74) is 0.985. The van der Waals surface area contributed by atoms with Gasteiger partial charge >= 0.3 is 0 Å². The zero-order valence-electron chi connectivity index (χ0n) is 31.9. The Kier molecular flexibility index (Phi) is 28.8. The van der Waals surface area contributed by atoms with Crippen LogP contribution in [0.5, 0.6) is 11.5 Å². The molecule has 1 aromatic rings. The van der Waals surface area contributed by atoms with Gasteiger partial charge in [0.25, 0.3) is 0 Å². The van der Waals surface area contributed by atoms with Crippen molar-refractivity contribution in [3.05, 3.63) is 72.4 Å². The fourth-order valence-electron chi connectivity index (χ4n) is 6.01. The first-order valence-electron chi connectivity index (χ1n) is 20.6. The standard InChI is InChI=1S/C45H74O4/c1-3-5-7-9-11-13-15-17-19-21-23-25-27-29-31-33-35-46-43-39-42(45-48-37-38-49-45)40-44(41-43)47-36-34-32-30-28-26-24-22-20-18-16-14-12-10-8-6-4-2/h11-14,17-20,39-41,45H,3-10,15-16,21-38H2,1-2H3/b13-11-,14-12-,19-17-,20-18-. The molecule has 0 amide bonds. The third kappa shape index (κ3) is 25.3. The lowest BCUT2D eigenvalue weighted by molar-refractivity contribution is -0.0443. The number of allylic oxidation sites excluding steroid dienone is 8. The van der Waals surface area contributed by atoms with E-state index in [1.807, 2.05) is 6.07 Å². The fraction of sp³-hybridized carbons (Fsp3) is 0.689. The Labute approximate surface area is 302 Å². The van der Waals surface area contributed by atoms with E-state index in [1.54, 1.807) is 0 Å². The van der Waals surface area contributed by atoms with Crippen LogP contribution in [0.4, 0.5) is 0 Å². The van der Waals surface area contributed by atoms with Gasteiger partial charge in [-0.2, -0.15) is 0 Å². The summed E-state index contributed by atoms with van der Waals surface area (Å²) in [6, 6.07) is 6.14. The van der Waals surface area contributed by atoms with Gasteiger partial charge in [-0.25, -0.2) is 0 Å². The predicted octanol–water partition coefficient (Wildman–Crippen LogP) is 14.1. The molecule has 0 N–H and O–H groups in total. The lowest BCUT2D eigenvalue weighted by Gasteiger charge is -2.15. The molecule has 1 aromatic carbocycles. The largest absolute Gasteiger partial charge is 0.493 e. The van der Waals surface area contributed by atoms with Gasteiger partial charge in [-0.05, 0) is 89.2 Å². The second-order valence-corrected chi connectivity index (χ2v) is 13.7. The van der Waals surface area contributed by atoms with Crippen LogP contribution in [0, 0.1) is 0 Å². The van der Waals surface area contributed by atoms with Gasteiger partial charge in [0.1, 0.15) is 11.5 Å². The topological polar surface area (TPSA) is 36.9 Å². The molecule has 4 heteroatoms. The molecule has 2 rings (SSSR count). The number of benzene rings is 1. The highest BCUT2D eigenvalue weighted by Gasteiger charge is 2.20. The predicted molar refractivity (Wildman–Crippen MR) is 211 cm³/mol. The highest BCUT2D eigenvalue weighted by molar-refractivity contribution is 5.39. The minimum Gasteiger partial charge on any atom is -0.493 e. The molecule has 1 fully saturated rings. The first kappa shape index (κ1) is 42.9. The Morgan fingerprint density at radius 3 is 1.24 bits per heavy atom. The molecule has 0 saturated carbocycles. The molecule has 0 bridgehead atoms. The zero-order valence-corrected chi connectivity index (χ0v) is 31.9. The van der Waals surface area contributed by atoms with Crippen molar-refractivity contribution < 1.29 is 18.9 Å². The van der Waals surface area contributed by atoms with E-state index >= 15 is 0 Å². The van der Waals surface area contributed by atoms with Gasteiger partial charge in [0, 0.05) is 11.6 Å². The second kappa shape index (κ2) is 32.9. The average molecular weight is 679 g/mol. The minimum absolute atomic E-state index is 0.324. The quantitative estimate of drug-likeness (QED) is 0.0548. The van der Waals surface area contributed by atoms with Crippen LogP contribution in [-0.2, 0) is 9.47 Å². The molecule has 1 aliphatic rings. The van der Waals surface area contributed by atoms with Crippen molar-refractivity contribution >= 4 is 0 Å². The van der Waals surface area contributed by atoms with E-state index in [2.05, 4.69) is 74.6 Å². The third-order valence-electron chi connectivity index (χ3n) is 9.02. The van der Waals surface area contributed by atoms with E-state index in [4.69, 9.17) is 18.9 Å². The Balaban J connectivity index is 1.52. The lowest BCUT2D eigenvalue weighted by Crippen LogP contribution is -2.04. The number of unbranched alkanes of at least 4 members (excludes halogenated alkanes) is 18. The smallest absolute Gasteiger partial charge is 0.184 e. The molecule has 1 heterocycles. The van der Waals surface area contributed by atoms with Gasteiger partial charge in [0.15, 0.2) is 6.29 Å². The van der Waals surface area contributed by atoms with Crippen LogP contribution in [0.2, 0.25) is 0 Å². The molecular weight excluding hydrogens is 604 g/mol. The van der Waals surface area contributed by atoms with Crippen molar-refractivity contribution in [1.29, 1.82) is 0 Å². The molecule has 0 aliphatic carbocycles. The van der Waals surface area contributed by atoms with Gasteiger partial charge < -0.3 is 18.9 Å². The first-order valence-corrected chi connectivity index (χ1v) is 20.6. The van der Waals surface area contributed by atoms with Crippen molar-refractivity contribution in [2.45, 2.75) is 174 Å². The molecule has 1 saturated heterocycles. The Hall–Kier alpha value is -2.30. The van der Waals surface area contributed by atoms with E-state index < -0.39 is 0 Å². The van der Waals surface area contributed by atoms with Crippen LogP contribution in [0.1, 0.15) is 180 Å². The van der Waals surface area contributed by atoms with Gasteiger partial charge in [-0.15, -0.1) is 0 Å². The molecule has 0 radical (unpaired) electrons. The van der Waals surface area contributed by atoms with Gasteiger partial charge in [0.2, 0.25) is 0 Å². The molecule has 1 aliphatic heterocycles. The molecule has 0 aromatic heterocycles. The maximum atomic E-state index is 6.19. The third-order valence-corrected chi connectivity index (χ3v) is 9.02. The average Bonchev–Trinajstić information content (AvgIpc) is 3.66. The lowest BCUT2D eigenvalue weighted by atomic mass is 10.1. The molecule has 0 unspecified atom stereocenters. The Morgan fingerprint density at radius 1 is 0.469 bits per heavy atom. The maximum absolute atomic E-state index is 6.19. The number of ether oxygens (including phenoxy) is 4. The van der Waals surface area contributed by atoms with Crippen molar-refractivity contribution in [3.8, 4) is 11.5 Å². The van der Waals surface area contributed by atoms with Crippen molar-refractivity contribution in [2.24, 2.45) is 0 Å². The van der Waals surface area contributed by atoms with Crippen LogP contribution in [0.3, 0.4) is 0 Å². The van der Waals surface area contributed by atoms with Crippen molar-refractivity contribution in [2.75, 3.05) is 26.4 Å². The van der Waals surface area contributed by atoms with E-state index in [1.165, 1.54) is 128 Å². The number of hydrogen-bond donors (Lipinski definition) is 0. The summed E-state index contributed by atoms with van der Waals surface area (Å²) in [4.78, 5) is 0. The van der Waals surface area contributed by atoms with Gasteiger partial charge in [0.05, 0.1) is 26.4 Å². The maximum Gasteiger partial charge on any atom is 0.184 e. The summed E-state index contributed by atoms with van der Waals surface area (Å²) in [6.45, 7) is 7.25. The molecule has 0 spiro atoms. The summed E-state index contributed by atoms with van der Waals surface area (Å²) < 4.78 is 23.9. The van der Waals surface area contributed by atoms with Crippen LogP contribution in [-0.4, -0.2) is 26.4 Å². The van der Waals surface area contributed by atoms with E-state index in [0.29, 0.717) is 13.2 Å². The van der Waals surface area contributed by atoms with E-state index in [9.17, 15) is 0 Å². The van der Waals surface area contributed by atoms with Crippen molar-refractivity contribution in [3.63, 3.8) is 0 Å². The summed E-state index contributed by atoms with van der Waals surface area (Å²) in [5.74, 6) is 1.71. The fourth-order valence-corrected chi connectivity index (χ4v) is 6.01. The number of rotatable bonds is 33. The molecule has 49 heavy (non-hydrogen) atoms. The van der Waals surface area contributed by atoms with Crippen LogP contribution >= 0.6 is 0 Å². The van der Waals surface area contributed by atoms with E-state index in [-0.39, 0.29) is 6.29 Å². The molecule has 4 nitrogen and oxygen atoms in total. The van der Waals surface area contributed by atoms with E-state index in [0.717, 1.165) is 56.0 Å². The molecule has 0 atom stereocenters. The Morgan fingerprint density at radius 2 is 0.837 bits per heavy atom. The highest BCUT2D eigenvalue weighted by atomic mass is 16.7. The van der Waals surface area contributed by atoms with Gasteiger partial charge in [-0.1, -0.05) is 140 Å². The first-order chi connectivity index (χ1) is 24.3. The summed E-state index contributed by atoms with van der Waals surface area (Å²) in [5, 5.41) is 0. The minimum atomic E-state index is -0.324. The summed E-state index contributed by atoms with van der Waals surface area (Å²) in [6.07, 6.45) is 48.3. The normalized spacial score (nSPS) is 14.1. The number of hydrogen-bond acceptors (Lipinski definition) is 4. The Bertz CT molecular complexity index is 919. The molecule has 278 valence electrons. The van der Waals surface area contributed by atoms with Crippen LogP contribution in [0.15, 0.2) is 66.8 Å². The highest BCUT2D eigenvalue weighted by Crippen LogP contribution is 2.31. The zero-order chi connectivity index (χ0) is 34.7. The van der Waals surface area contributed by atoms with Crippen molar-refractivity contribution in [1.82, 2.24) is 0 Å². The van der Waals surface area contributed by atoms with Crippen LogP contribution in [0.25, 0.3) is 0 Å². The summed E-state index contributed by atoms with van der Waals surface area (Å²) in [7, 11) is 0. The summed E-state index contributed by atoms with van der Waals surface area (Å²) >= 11 is 0. The molecular formula is C45H74O4. The monoisotopic (exact) mass is 679 g/mol. The second-order valence-electron chi connectivity index (χ2n) is 13.7. The SMILES string of the molecule is CCCCC/C=C\C/C=C\CCCCCCCCOc1cc(OCCCCCCCC/C=C\C/C=C\CCCCC)cc(C2OCCO2)c1. The van der Waals surface area contributed by atoms with Crippen LogP contribution < -0.4 is 9.47 Å².